The molecular formula is C17H14F2N2O5. The first-order valence-electron chi connectivity index (χ1n) is 7.63. The van der Waals surface area contributed by atoms with Crippen LogP contribution in [0.15, 0.2) is 36.4 Å². The third-order valence-electron chi connectivity index (χ3n) is 3.37. The summed E-state index contributed by atoms with van der Waals surface area (Å²) in [6, 6.07) is 6.50. The Morgan fingerprint density at radius 1 is 1.12 bits per heavy atom. The van der Waals surface area contributed by atoms with Gasteiger partial charge >= 0.3 is 12.5 Å². The summed E-state index contributed by atoms with van der Waals surface area (Å²) in [7, 11) is 0. The number of amides is 3. The summed E-state index contributed by atoms with van der Waals surface area (Å²) in [5.41, 5.74) is -0.559. The molecule has 26 heavy (non-hydrogen) atoms. The number of fused-ring (bicyclic) bond motifs is 1. The average Bonchev–Trinajstić information content (AvgIpc) is 2.96. The first kappa shape index (κ1) is 17.6. The normalized spacial score (nSPS) is 14.8. The summed E-state index contributed by atoms with van der Waals surface area (Å²) in [5, 5.41) is 4.22. The molecule has 0 bridgehead atoms. The Morgan fingerprint density at radius 2 is 1.81 bits per heavy atom. The molecule has 2 aromatic carbocycles. The quantitative estimate of drug-likeness (QED) is 0.871. The second kappa shape index (κ2) is 7.36. The van der Waals surface area contributed by atoms with Gasteiger partial charge in [-0.15, -0.1) is 0 Å². The van der Waals surface area contributed by atoms with Crippen molar-refractivity contribution < 1.29 is 32.6 Å². The van der Waals surface area contributed by atoms with Gasteiger partial charge in [0, 0.05) is 11.8 Å². The highest BCUT2D eigenvalue weighted by Crippen LogP contribution is 2.37. The van der Waals surface area contributed by atoms with Crippen molar-refractivity contribution in [1.29, 1.82) is 0 Å². The molecule has 1 atom stereocenters. The van der Waals surface area contributed by atoms with Crippen LogP contribution in [0.5, 0.6) is 11.5 Å². The lowest BCUT2D eigenvalue weighted by atomic mass is 10.2. The average molecular weight is 364 g/mol. The molecule has 0 fully saturated rings. The standard InChI is InChI=1S/C17H14F2N2O5/c1-2-24-17-25-12-7-6-9(8-13(12)26-17)20-16(23)21-15(22)14-10(18)4-3-5-11(14)19/h3-8,17H,2H2,1H3,(H2,20,21,22,23). The SMILES string of the molecule is CCOC1Oc2ccc(NC(=O)NC(=O)c3c(F)cccc3F)cc2O1. The van der Waals surface area contributed by atoms with Crippen molar-refractivity contribution in [2.75, 3.05) is 11.9 Å². The number of nitrogens with one attached hydrogen (secondary N) is 2. The number of carbonyl (C=O) groups is 2. The second-order valence-corrected chi connectivity index (χ2v) is 5.15. The van der Waals surface area contributed by atoms with Gasteiger partial charge in [0.05, 0.1) is 6.61 Å². The number of imide groups is 1. The smallest absolute Gasteiger partial charge is 0.361 e. The molecule has 1 heterocycles. The molecule has 9 heteroatoms. The van der Waals surface area contributed by atoms with Gasteiger partial charge in [0.2, 0.25) is 0 Å². The van der Waals surface area contributed by atoms with Gasteiger partial charge in [-0.25, -0.2) is 13.6 Å². The largest absolute Gasteiger partial charge is 0.428 e. The molecule has 0 saturated carbocycles. The van der Waals surface area contributed by atoms with E-state index in [1.807, 2.05) is 5.32 Å². The van der Waals surface area contributed by atoms with Crippen molar-refractivity contribution in [3.8, 4) is 11.5 Å². The topological polar surface area (TPSA) is 85.9 Å². The van der Waals surface area contributed by atoms with Gasteiger partial charge in [0.15, 0.2) is 11.5 Å². The third kappa shape index (κ3) is 3.72. The Labute approximate surface area is 146 Å². The van der Waals surface area contributed by atoms with E-state index in [-0.39, 0.29) is 5.69 Å². The zero-order valence-electron chi connectivity index (χ0n) is 13.5. The van der Waals surface area contributed by atoms with Crippen LogP contribution in [0.4, 0.5) is 19.3 Å². The lowest BCUT2D eigenvalue weighted by Crippen LogP contribution is -2.35. The van der Waals surface area contributed by atoms with Gasteiger partial charge in [-0.2, -0.15) is 0 Å². The van der Waals surface area contributed by atoms with Gasteiger partial charge in [0.25, 0.3) is 5.91 Å². The van der Waals surface area contributed by atoms with Crippen molar-refractivity contribution in [2.24, 2.45) is 0 Å². The number of ether oxygens (including phenoxy) is 3. The number of benzene rings is 2. The second-order valence-electron chi connectivity index (χ2n) is 5.15. The molecule has 0 spiro atoms. The molecule has 3 rings (SSSR count). The Balaban J connectivity index is 1.64. The zero-order chi connectivity index (χ0) is 18.7. The van der Waals surface area contributed by atoms with Crippen LogP contribution in [0.25, 0.3) is 0 Å². The fraction of sp³-hybridized carbons (Fsp3) is 0.176. The van der Waals surface area contributed by atoms with Crippen molar-refractivity contribution in [2.45, 2.75) is 13.4 Å². The molecule has 3 amide bonds. The maximum Gasteiger partial charge on any atom is 0.361 e. The van der Waals surface area contributed by atoms with E-state index in [2.05, 4.69) is 5.32 Å². The summed E-state index contributed by atoms with van der Waals surface area (Å²) in [4.78, 5) is 23.8. The predicted molar refractivity (Wildman–Crippen MR) is 86.0 cm³/mol. The minimum Gasteiger partial charge on any atom is -0.428 e. The van der Waals surface area contributed by atoms with Gasteiger partial charge in [-0.05, 0) is 31.2 Å². The highest BCUT2D eigenvalue weighted by atomic mass is 19.1. The van der Waals surface area contributed by atoms with Crippen LogP contribution in [0.3, 0.4) is 0 Å². The molecule has 1 aliphatic heterocycles. The van der Waals surface area contributed by atoms with E-state index >= 15 is 0 Å². The molecule has 0 radical (unpaired) electrons. The number of urea groups is 1. The third-order valence-corrected chi connectivity index (χ3v) is 3.37. The number of carbonyl (C=O) groups excluding carboxylic acids is 2. The van der Waals surface area contributed by atoms with Crippen LogP contribution in [-0.2, 0) is 4.74 Å². The van der Waals surface area contributed by atoms with E-state index in [4.69, 9.17) is 14.2 Å². The Kier molecular flexibility index (Phi) is 4.99. The summed E-state index contributed by atoms with van der Waals surface area (Å²) < 4.78 is 43.0. The summed E-state index contributed by atoms with van der Waals surface area (Å²) >= 11 is 0. The highest BCUT2D eigenvalue weighted by molar-refractivity contribution is 6.08. The van der Waals surface area contributed by atoms with E-state index in [0.717, 1.165) is 18.2 Å². The molecule has 7 nitrogen and oxygen atoms in total. The molecular weight excluding hydrogens is 350 g/mol. The van der Waals surface area contributed by atoms with Crippen molar-refractivity contribution in [1.82, 2.24) is 5.32 Å². The fourth-order valence-electron chi connectivity index (χ4n) is 2.25. The van der Waals surface area contributed by atoms with Gasteiger partial charge in [-0.1, -0.05) is 6.07 Å². The lowest BCUT2D eigenvalue weighted by molar-refractivity contribution is -0.173. The van der Waals surface area contributed by atoms with E-state index in [0.29, 0.717) is 18.1 Å². The van der Waals surface area contributed by atoms with Crippen LogP contribution in [0.2, 0.25) is 0 Å². The maximum atomic E-state index is 13.6. The Bertz CT molecular complexity index is 839. The number of halogens is 2. The summed E-state index contributed by atoms with van der Waals surface area (Å²) in [6.45, 7) is 1.30. The first-order chi connectivity index (χ1) is 12.5. The summed E-state index contributed by atoms with van der Waals surface area (Å²) in [6.07, 6.45) is 0. The monoisotopic (exact) mass is 364 g/mol. The molecule has 1 aliphatic rings. The van der Waals surface area contributed by atoms with Crippen LogP contribution in [0, 0.1) is 11.6 Å². The molecule has 2 N–H and O–H groups in total. The Hall–Kier alpha value is -3.20. The molecule has 136 valence electrons. The lowest BCUT2D eigenvalue weighted by Gasteiger charge is -2.08. The number of hydrogen-bond donors (Lipinski definition) is 2. The van der Waals surface area contributed by atoms with E-state index in [1.54, 1.807) is 13.0 Å². The van der Waals surface area contributed by atoms with Crippen LogP contribution < -0.4 is 20.1 Å². The molecule has 0 aromatic heterocycles. The van der Waals surface area contributed by atoms with Crippen molar-refractivity contribution in [3.63, 3.8) is 0 Å². The highest BCUT2D eigenvalue weighted by Gasteiger charge is 2.25. The van der Waals surface area contributed by atoms with E-state index in [9.17, 15) is 18.4 Å². The molecule has 1 unspecified atom stereocenters. The molecule has 2 aromatic rings. The van der Waals surface area contributed by atoms with Crippen LogP contribution in [0.1, 0.15) is 17.3 Å². The minimum atomic E-state index is -1.20. The molecule has 0 aliphatic carbocycles. The zero-order valence-corrected chi connectivity index (χ0v) is 13.5. The van der Waals surface area contributed by atoms with Crippen LogP contribution in [-0.4, -0.2) is 25.0 Å². The van der Waals surface area contributed by atoms with Crippen LogP contribution >= 0.6 is 0 Å². The van der Waals surface area contributed by atoms with Gasteiger partial charge in [0.1, 0.15) is 17.2 Å². The number of rotatable bonds is 4. The van der Waals surface area contributed by atoms with E-state index in [1.165, 1.54) is 12.1 Å². The van der Waals surface area contributed by atoms with Gasteiger partial charge in [-0.3, -0.25) is 10.1 Å². The number of anilines is 1. The van der Waals surface area contributed by atoms with Gasteiger partial charge < -0.3 is 19.5 Å². The Morgan fingerprint density at radius 3 is 2.50 bits per heavy atom. The first-order valence-corrected chi connectivity index (χ1v) is 7.63. The number of hydrogen-bond acceptors (Lipinski definition) is 5. The molecule has 0 saturated heterocycles. The van der Waals surface area contributed by atoms with E-state index < -0.39 is 35.6 Å². The maximum absolute atomic E-state index is 13.6. The minimum absolute atomic E-state index is 0.281. The van der Waals surface area contributed by atoms with Crippen molar-refractivity contribution >= 4 is 17.6 Å². The fourth-order valence-corrected chi connectivity index (χ4v) is 2.25. The predicted octanol–water partition coefficient (Wildman–Crippen LogP) is 3.02. The van der Waals surface area contributed by atoms with Crippen molar-refractivity contribution in [3.05, 3.63) is 53.6 Å². The summed E-state index contributed by atoms with van der Waals surface area (Å²) in [5.74, 6) is -2.57.